The Bertz CT molecular complexity index is 899. The van der Waals surface area contributed by atoms with Gasteiger partial charge in [-0.15, -0.1) is 0 Å². The Morgan fingerprint density at radius 3 is 2.54 bits per heavy atom. The fourth-order valence-electron chi connectivity index (χ4n) is 2.01. The van der Waals surface area contributed by atoms with E-state index in [-0.39, 0.29) is 16.3 Å². The van der Waals surface area contributed by atoms with E-state index in [1.165, 1.54) is 18.2 Å². The molecule has 2 aromatic rings. The van der Waals surface area contributed by atoms with Crippen molar-refractivity contribution in [3.05, 3.63) is 64.2 Å². The van der Waals surface area contributed by atoms with Gasteiger partial charge in [0.15, 0.2) is 6.61 Å². The zero-order valence-corrected chi connectivity index (χ0v) is 14.6. The zero-order chi connectivity index (χ0) is 19.1. The summed E-state index contributed by atoms with van der Waals surface area (Å²) in [6.07, 6.45) is 1.39. The lowest BCUT2D eigenvalue weighted by Crippen LogP contribution is -2.13. The Hall–Kier alpha value is -3.30. The molecule has 0 aliphatic heterocycles. The van der Waals surface area contributed by atoms with Gasteiger partial charge in [0.25, 0.3) is 5.91 Å². The first-order valence-electron chi connectivity index (χ1n) is 7.53. The molecule has 0 aliphatic rings. The molecular weight excluding hydrogens is 356 g/mol. The number of carbonyl (C=O) groups excluding carboxylic acids is 1. The summed E-state index contributed by atoms with van der Waals surface area (Å²) < 4.78 is 5.02. The fraction of sp³-hybridized carbons (Fsp3) is 0.105. The van der Waals surface area contributed by atoms with E-state index in [9.17, 15) is 14.9 Å². The van der Waals surface area contributed by atoms with E-state index in [2.05, 4.69) is 5.32 Å². The smallest absolute Gasteiger partial charge is 0.341 e. The van der Waals surface area contributed by atoms with E-state index in [1.807, 2.05) is 25.1 Å². The van der Waals surface area contributed by atoms with Crippen LogP contribution in [0.1, 0.15) is 11.1 Å². The van der Waals surface area contributed by atoms with Crippen LogP contribution in [-0.4, -0.2) is 23.6 Å². The summed E-state index contributed by atoms with van der Waals surface area (Å²) >= 11 is 6.03. The van der Waals surface area contributed by atoms with Gasteiger partial charge >= 0.3 is 5.97 Å². The number of anilines is 1. The van der Waals surface area contributed by atoms with E-state index in [1.54, 1.807) is 18.2 Å². The predicted molar refractivity (Wildman–Crippen MR) is 98.0 cm³/mol. The molecule has 2 aromatic carbocycles. The number of carboxylic acids is 1. The van der Waals surface area contributed by atoms with Gasteiger partial charge in [0, 0.05) is 5.69 Å². The summed E-state index contributed by atoms with van der Waals surface area (Å²) in [4.78, 5) is 22.8. The van der Waals surface area contributed by atoms with Crippen LogP contribution in [0.2, 0.25) is 5.02 Å². The molecule has 0 radical (unpaired) electrons. The molecule has 0 atom stereocenters. The molecule has 0 unspecified atom stereocenters. The van der Waals surface area contributed by atoms with Crippen molar-refractivity contribution in [2.45, 2.75) is 6.92 Å². The van der Waals surface area contributed by atoms with Gasteiger partial charge in [0.1, 0.15) is 17.4 Å². The van der Waals surface area contributed by atoms with Crippen LogP contribution < -0.4 is 10.1 Å². The third-order valence-electron chi connectivity index (χ3n) is 3.29. The van der Waals surface area contributed by atoms with Crippen molar-refractivity contribution in [3.63, 3.8) is 0 Å². The molecule has 6 nitrogen and oxygen atoms in total. The number of carbonyl (C=O) groups is 2. The minimum absolute atomic E-state index is 0.0964. The molecule has 7 heteroatoms. The van der Waals surface area contributed by atoms with Crippen molar-refractivity contribution < 1.29 is 19.4 Å². The third-order valence-corrected chi connectivity index (χ3v) is 3.59. The van der Waals surface area contributed by atoms with Crippen molar-refractivity contribution in [1.82, 2.24) is 0 Å². The van der Waals surface area contributed by atoms with Crippen LogP contribution in [0.25, 0.3) is 6.08 Å². The van der Waals surface area contributed by atoms with E-state index in [4.69, 9.17) is 21.4 Å². The summed E-state index contributed by atoms with van der Waals surface area (Å²) in [5.74, 6) is -1.46. The van der Waals surface area contributed by atoms with E-state index >= 15 is 0 Å². The molecule has 0 fully saturated rings. The molecule has 2 N–H and O–H groups in total. The summed E-state index contributed by atoms with van der Waals surface area (Å²) in [5, 5.41) is 20.7. The second-order valence-electron chi connectivity index (χ2n) is 5.36. The van der Waals surface area contributed by atoms with Gasteiger partial charge in [0.05, 0.1) is 5.02 Å². The molecule has 0 saturated carbocycles. The maximum Gasteiger partial charge on any atom is 0.341 e. The van der Waals surface area contributed by atoms with Crippen molar-refractivity contribution in [1.29, 1.82) is 5.26 Å². The minimum Gasteiger partial charge on any atom is -0.480 e. The van der Waals surface area contributed by atoms with Crippen LogP contribution in [0.4, 0.5) is 5.69 Å². The van der Waals surface area contributed by atoms with Crippen molar-refractivity contribution in [3.8, 4) is 11.8 Å². The Balaban J connectivity index is 2.15. The summed E-state index contributed by atoms with van der Waals surface area (Å²) in [7, 11) is 0. The first-order chi connectivity index (χ1) is 12.4. The van der Waals surface area contributed by atoms with Crippen LogP contribution >= 0.6 is 11.6 Å². The quantitative estimate of drug-likeness (QED) is 0.597. The number of aliphatic carboxylic acids is 1. The maximum atomic E-state index is 12.2. The van der Waals surface area contributed by atoms with Crippen molar-refractivity contribution in [2.75, 3.05) is 11.9 Å². The molecule has 0 aromatic heterocycles. The lowest BCUT2D eigenvalue weighted by atomic mass is 10.1. The first-order valence-corrected chi connectivity index (χ1v) is 7.91. The highest BCUT2D eigenvalue weighted by molar-refractivity contribution is 6.32. The molecule has 0 bridgehead atoms. The van der Waals surface area contributed by atoms with E-state index in [0.29, 0.717) is 11.3 Å². The molecule has 0 spiro atoms. The average Bonchev–Trinajstić information content (AvgIpc) is 2.60. The van der Waals surface area contributed by atoms with Gasteiger partial charge in [0.2, 0.25) is 0 Å². The number of amides is 1. The topological polar surface area (TPSA) is 99.4 Å². The van der Waals surface area contributed by atoms with Crippen LogP contribution in [0.15, 0.2) is 48.0 Å². The molecule has 0 heterocycles. The number of nitrogens with zero attached hydrogens (tertiary/aromatic N) is 1. The number of nitriles is 1. The molecule has 26 heavy (non-hydrogen) atoms. The van der Waals surface area contributed by atoms with Crippen LogP contribution in [0.3, 0.4) is 0 Å². The molecule has 1 amide bonds. The molecular formula is C19H15ClN2O4. The number of ether oxygens (including phenoxy) is 1. The van der Waals surface area contributed by atoms with Gasteiger partial charge in [-0.1, -0.05) is 35.4 Å². The number of rotatable bonds is 6. The molecule has 132 valence electrons. The van der Waals surface area contributed by atoms with Crippen LogP contribution in [-0.2, 0) is 9.59 Å². The predicted octanol–water partition coefficient (Wildman–Crippen LogP) is 3.66. The van der Waals surface area contributed by atoms with Gasteiger partial charge < -0.3 is 15.2 Å². The Kier molecular flexibility index (Phi) is 6.36. The number of carboxylic acid groups (broad SMARTS) is 1. The highest BCUT2D eigenvalue weighted by Crippen LogP contribution is 2.26. The largest absolute Gasteiger partial charge is 0.480 e. The zero-order valence-electron chi connectivity index (χ0n) is 13.8. The van der Waals surface area contributed by atoms with Gasteiger partial charge in [-0.3, -0.25) is 4.79 Å². The number of nitrogens with one attached hydrogen (secondary N) is 1. The summed E-state index contributed by atoms with van der Waals surface area (Å²) in [6.45, 7) is 1.41. The highest BCUT2D eigenvalue weighted by Gasteiger charge is 2.11. The number of hydrogen-bond donors (Lipinski definition) is 2. The van der Waals surface area contributed by atoms with Crippen molar-refractivity contribution >= 4 is 35.2 Å². The van der Waals surface area contributed by atoms with E-state index in [0.717, 1.165) is 5.56 Å². The SMILES string of the molecule is Cc1ccc(NC(=O)/C(C#N)=C/c2ccc(OCC(=O)O)c(Cl)c2)cc1. The monoisotopic (exact) mass is 370 g/mol. The number of aryl methyl sites for hydroxylation is 1. The second kappa shape index (κ2) is 8.70. The number of halogens is 1. The van der Waals surface area contributed by atoms with Gasteiger partial charge in [-0.2, -0.15) is 5.26 Å². The number of hydrogen-bond acceptors (Lipinski definition) is 4. The molecule has 0 aliphatic carbocycles. The normalized spacial score (nSPS) is 10.7. The average molecular weight is 371 g/mol. The van der Waals surface area contributed by atoms with Gasteiger partial charge in [-0.05, 0) is 42.8 Å². The Labute approximate surface area is 155 Å². The van der Waals surface area contributed by atoms with E-state index < -0.39 is 18.5 Å². The molecule has 0 saturated heterocycles. The lowest BCUT2D eigenvalue weighted by Gasteiger charge is -2.07. The summed E-state index contributed by atoms with van der Waals surface area (Å²) in [5.41, 5.74) is 2.05. The fourth-order valence-corrected chi connectivity index (χ4v) is 2.26. The third kappa shape index (κ3) is 5.36. The van der Waals surface area contributed by atoms with Crippen LogP contribution in [0, 0.1) is 18.3 Å². The number of benzene rings is 2. The Morgan fingerprint density at radius 1 is 1.27 bits per heavy atom. The second-order valence-corrected chi connectivity index (χ2v) is 5.77. The standard InChI is InChI=1S/C19H15ClN2O4/c1-12-2-5-15(6-3-12)22-19(25)14(10-21)8-13-4-7-17(16(20)9-13)26-11-18(23)24/h2-9H,11H2,1H3,(H,22,25)(H,23,24)/b14-8+. The van der Waals surface area contributed by atoms with Gasteiger partial charge in [-0.25, -0.2) is 4.79 Å². The lowest BCUT2D eigenvalue weighted by molar-refractivity contribution is -0.139. The minimum atomic E-state index is -1.12. The Morgan fingerprint density at radius 2 is 1.96 bits per heavy atom. The summed E-state index contributed by atoms with van der Waals surface area (Å²) in [6, 6.07) is 13.6. The van der Waals surface area contributed by atoms with Crippen molar-refractivity contribution in [2.24, 2.45) is 0 Å². The van der Waals surface area contributed by atoms with Crippen LogP contribution in [0.5, 0.6) is 5.75 Å². The first kappa shape index (κ1) is 19.0. The molecule has 2 rings (SSSR count). The maximum absolute atomic E-state index is 12.2. The highest BCUT2D eigenvalue weighted by atomic mass is 35.5.